The summed E-state index contributed by atoms with van der Waals surface area (Å²) in [5.74, 6) is 0.617. The molecule has 0 aromatic carbocycles. The average molecular weight is 240 g/mol. The van der Waals surface area contributed by atoms with Gasteiger partial charge in [-0.3, -0.25) is 0 Å². The van der Waals surface area contributed by atoms with Crippen molar-refractivity contribution >= 4 is 6.01 Å². The van der Waals surface area contributed by atoms with Gasteiger partial charge < -0.3 is 19.4 Å². The summed E-state index contributed by atoms with van der Waals surface area (Å²) in [5, 5.41) is 11.2. The fourth-order valence-corrected chi connectivity index (χ4v) is 1.83. The van der Waals surface area contributed by atoms with Crippen molar-refractivity contribution < 1.29 is 9.15 Å². The highest BCUT2D eigenvalue weighted by atomic mass is 16.5. The zero-order chi connectivity index (χ0) is 12.5. The van der Waals surface area contributed by atoms with E-state index in [0.717, 1.165) is 13.1 Å². The Balaban J connectivity index is 2.09. The zero-order valence-electron chi connectivity index (χ0n) is 10.9. The highest BCUT2D eigenvalue weighted by Crippen LogP contribution is 2.23. The molecule has 6 heteroatoms. The fraction of sp³-hybridized carbons (Fsp3) is 0.818. The Hall–Kier alpha value is -1.14. The van der Waals surface area contributed by atoms with E-state index in [1.165, 1.54) is 0 Å². The fourth-order valence-electron chi connectivity index (χ4n) is 1.83. The molecule has 1 N–H and O–H groups in total. The van der Waals surface area contributed by atoms with E-state index >= 15 is 0 Å². The lowest BCUT2D eigenvalue weighted by Gasteiger charge is -2.36. The highest BCUT2D eigenvalue weighted by molar-refractivity contribution is 5.26. The smallest absolute Gasteiger partial charge is 0.318 e. The number of nitrogens with one attached hydrogen (secondary N) is 1. The molecule has 0 aliphatic carbocycles. The molecule has 0 spiro atoms. The van der Waals surface area contributed by atoms with Crippen LogP contribution in [0.15, 0.2) is 4.42 Å². The largest absolute Gasteiger partial charge is 0.406 e. The standard InChI is InChI=1S/C11H20N4O2/c1-8(12-4)9-13-14-10(17-9)15-5-6-16-11(2,3)7-15/h8,12H,5-7H2,1-4H3. The summed E-state index contributed by atoms with van der Waals surface area (Å²) in [6.45, 7) is 8.35. The summed E-state index contributed by atoms with van der Waals surface area (Å²) in [6, 6.07) is 0.656. The first kappa shape index (κ1) is 12.3. The molecule has 0 radical (unpaired) electrons. The molecular formula is C11H20N4O2. The van der Waals surface area contributed by atoms with Crippen LogP contribution in [0.25, 0.3) is 0 Å². The molecule has 1 aromatic rings. The van der Waals surface area contributed by atoms with E-state index < -0.39 is 0 Å². The average Bonchev–Trinajstić information content (AvgIpc) is 2.76. The van der Waals surface area contributed by atoms with Crippen LogP contribution in [0.2, 0.25) is 0 Å². The Morgan fingerprint density at radius 2 is 2.18 bits per heavy atom. The number of hydrogen-bond acceptors (Lipinski definition) is 6. The van der Waals surface area contributed by atoms with Gasteiger partial charge in [0.15, 0.2) is 0 Å². The second kappa shape index (κ2) is 4.62. The van der Waals surface area contributed by atoms with E-state index in [1.54, 1.807) is 0 Å². The molecule has 1 fully saturated rings. The number of nitrogens with zero attached hydrogens (tertiary/aromatic N) is 3. The van der Waals surface area contributed by atoms with Crippen LogP contribution in [0.3, 0.4) is 0 Å². The van der Waals surface area contributed by atoms with Crippen molar-refractivity contribution in [1.82, 2.24) is 15.5 Å². The van der Waals surface area contributed by atoms with E-state index in [-0.39, 0.29) is 11.6 Å². The van der Waals surface area contributed by atoms with Crippen LogP contribution in [0.5, 0.6) is 0 Å². The van der Waals surface area contributed by atoms with Gasteiger partial charge in [-0.1, -0.05) is 5.10 Å². The molecule has 6 nitrogen and oxygen atoms in total. The Bertz CT molecular complexity index is 377. The maximum absolute atomic E-state index is 5.65. The Labute approximate surface area is 101 Å². The SMILES string of the molecule is CNC(C)c1nnc(N2CCOC(C)(C)C2)o1. The Kier molecular flexibility index (Phi) is 3.35. The van der Waals surface area contributed by atoms with Gasteiger partial charge >= 0.3 is 6.01 Å². The minimum absolute atomic E-state index is 0.0744. The molecular weight excluding hydrogens is 220 g/mol. The Morgan fingerprint density at radius 1 is 1.41 bits per heavy atom. The second-order valence-corrected chi connectivity index (χ2v) is 4.96. The van der Waals surface area contributed by atoms with Gasteiger partial charge in [0.1, 0.15) is 0 Å². The normalized spacial score (nSPS) is 21.5. The van der Waals surface area contributed by atoms with Crippen molar-refractivity contribution in [2.45, 2.75) is 32.4 Å². The first-order valence-corrected chi connectivity index (χ1v) is 5.91. The van der Waals surface area contributed by atoms with Crippen molar-refractivity contribution in [3.8, 4) is 0 Å². The van der Waals surface area contributed by atoms with E-state index in [1.807, 2.05) is 14.0 Å². The topological polar surface area (TPSA) is 63.4 Å². The molecule has 1 unspecified atom stereocenters. The quantitative estimate of drug-likeness (QED) is 0.849. The minimum atomic E-state index is -0.165. The Morgan fingerprint density at radius 3 is 2.82 bits per heavy atom. The van der Waals surface area contributed by atoms with Crippen LogP contribution >= 0.6 is 0 Å². The number of aromatic nitrogens is 2. The summed E-state index contributed by atoms with van der Waals surface area (Å²) in [6.07, 6.45) is 0. The monoisotopic (exact) mass is 240 g/mol. The van der Waals surface area contributed by atoms with Gasteiger partial charge in [-0.05, 0) is 27.8 Å². The molecule has 1 saturated heterocycles. The van der Waals surface area contributed by atoms with Crippen LogP contribution in [0.1, 0.15) is 32.7 Å². The van der Waals surface area contributed by atoms with Crippen LogP contribution in [0.4, 0.5) is 6.01 Å². The van der Waals surface area contributed by atoms with E-state index in [9.17, 15) is 0 Å². The lowest BCUT2D eigenvalue weighted by molar-refractivity contribution is -0.0290. The van der Waals surface area contributed by atoms with Gasteiger partial charge in [0.05, 0.1) is 24.8 Å². The van der Waals surface area contributed by atoms with Crippen molar-refractivity contribution in [1.29, 1.82) is 0 Å². The first-order valence-electron chi connectivity index (χ1n) is 5.91. The third kappa shape index (κ3) is 2.76. The summed E-state index contributed by atoms with van der Waals surface area (Å²) < 4.78 is 11.3. The molecule has 1 aliphatic rings. The van der Waals surface area contributed by atoms with Crippen LogP contribution < -0.4 is 10.2 Å². The van der Waals surface area contributed by atoms with Crippen LogP contribution in [0, 0.1) is 0 Å². The summed E-state index contributed by atoms with van der Waals surface area (Å²) in [5.41, 5.74) is -0.165. The van der Waals surface area contributed by atoms with E-state index in [2.05, 4.69) is 34.3 Å². The van der Waals surface area contributed by atoms with Gasteiger partial charge in [0.2, 0.25) is 5.89 Å². The van der Waals surface area contributed by atoms with Crippen molar-refractivity contribution in [3.05, 3.63) is 5.89 Å². The van der Waals surface area contributed by atoms with Crippen LogP contribution in [-0.4, -0.2) is 42.5 Å². The predicted molar refractivity (Wildman–Crippen MR) is 64.0 cm³/mol. The van der Waals surface area contributed by atoms with E-state index in [4.69, 9.17) is 9.15 Å². The molecule has 1 aromatic heterocycles. The summed E-state index contributed by atoms with van der Waals surface area (Å²) >= 11 is 0. The second-order valence-electron chi connectivity index (χ2n) is 4.96. The molecule has 2 rings (SSSR count). The number of anilines is 1. The lowest BCUT2D eigenvalue weighted by Crippen LogP contribution is -2.48. The first-order chi connectivity index (χ1) is 8.02. The van der Waals surface area contributed by atoms with Gasteiger partial charge in [-0.15, -0.1) is 5.10 Å². The molecule has 1 atom stereocenters. The van der Waals surface area contributed by atoms with E-state index in [0.29, 0.717) is 18.5 Å². The number of hydrogen-bond donors (Lipinski definition) is 1. The molecule has 0 amide bonds. The van der Waals surface area contributed by atoms with Gasteiger partial charge in [0.25, 0.3) is 0 Å². The molecule has 2 heterocycles. The number of rotatable bonds is 3. The molecule has 17 heavy (non-hydrogen) atoms. The number of ether oxygens (including phenoxy) is 1. The molecule has 1 aliphatic heterocycles. The zero-order valence-corrected chi connectivity index (χ0v) is 10.9. The summed E-state index contributed by atoms with van der Waals surface area (Å²) in [7, 11) is 1.87. The molecule has 0 saturated carbocycles. The number of morpholine rings is 1. The third-order valence-corrected chi connectivity index (χ3v) is 2.93. The maximum Gasteiger partial charge on any atom is 0.318 e. The van der Waals surface area contributed by atoms with Crippen LogP contribution in [-0.2, 0) is 4.74 Å². The highest BCUT2D eigenvalue weighted by Gasteiger charge is 2.30. The van der Waals surface area contributed by atoms with Crippen molar-refractivity contribution in [2.75, 3.05) is 31.6 Å². The van der Waals surface area contributed by atoms with Gasteiger partial charge in [0, 0.05) is 6.54 Å². The minimum Gasteiger partial charge on any atom is -0.406 e. The lowest BCUT2D eigenvalue weighted by atomic mass is 10.1. The predicted octanol–water partition coefficient (Wildman–Crippen LogP) is 0.965. The molecule has 96 valence electrons. The maximum atomic E-state index is 5.65. The third-order valence-electron chi connectivity index (χ3n) is 2.93. The molecule has 0 bridgehead atoms. The van der Waals surface area contributed by atoms with Gasteiger partial charge in [-0.25, -0.2) is 0 Å². The summed E-state index contributed by atoms with van der Waals surface area (Å²) in [4.78, 5) is 2.07. The van der Waals surface area contributed by atoms with Crippen molar-refractivity contribution in [3.63, 3.8) is 0 Å². The van der Waals surface area contributed by atoms with Crippen molar-refractivity contribution in [2.24, 2.45) is 0 Å². The van der Waals surface area contributed by atoms with Gasteiger partial charge in [-0.2, -0.15) is 0 Å².